The Morgan fingerprint density at radius 2 is 0.826 bits per heavy atom. The van der Waals surface area contributed by atoms with Gasteiger partial charge in [0.25, 0.3) is 0 Å². The molecule has 0 bridgehead atoms. The number of rotatable bonds is 9. The Labute approximate surface area is 270 Å². The largest absolute Gasteiger partial charge is 0.497 e. The van der Waals surface area contributed by atoms with Gasteiger partial charge < -0.3 is 9.47 Å². The van der Waals surface area contributed by atoms with E-state index < -0.39 is 0 Å². The van der Waals surface area contributed by atoms with Crippen molar-refractivity contribution in [2.45, 2.75) is 12.8 Å². The van der Waals surface area contributed by atoms with Gasteiger partial charge in [0.1, 0.15) is 11.5 Å². The van der Waals surface area contributed by atoms with Gasteiger partial charge >= 0.3 is 0 Å². The SMILES string of the molecule is C=CCc1ccnc(-c2ccccn2)c1.C=CCc1ccnc(-c2ccccn2)c1.COc1ccnc(-c2cc(OC)ccn2)c1. The van der Waals surface area contributed by atoms with Crippen molar-refractivity contribution in [2.24, 2.45) is 0 Å². The molecule has 0 fully saturated rings. The van der Waals surface area contributed by atoms with Crippen molar-refractivity contribution in [2.75, 3.05) is 14.2 Å². The van der Waals surface area contributed by atoms with Crippen molar-refractivity contribution in [3.8, 4) is 45.7 Å². The lowest BCUT2D eigenvalue weighted by molar-refractivity contribution is 0.413. The normalized spacial score (nSPS) is 9.87. The first-order valence-electron chi connectivity index (χ1n) is 14.6. The maximum Gasteiger partial charge on any atom is 0.122 e. The van der Waals surface area contributed by atoms with Gasteiger partial charge in [-0.25, -0.2) is 0 Å². The van der Waals surface area contributed by atoms with Gasteiger partial charge in [0.05, 0.1) is 48.4 Å². The molecule has 0 aromatic carbocycles. The highest BCUT2D eigenvalue weighted by Crippen LogP contribution is 2.22. The van der Waals surface area contributed by atoms with E-state index >= 15 is 0 Å². The molecule has 0 unspecified atom stereocenters. The van der Waals surface area contributed by atoms with Crippen LogP contribution in [0.25, 0.3) is 34.2 Å². The Morgan fingerprint density at radius 1 is 0.457 bits per heavy atom. The van der Waals surface area contributed by atoms with E-state index in [-0.39, 0.29) is 0 Å². The summed E-state index contributed by atoms with van der Waals surface area (Å²) in [5, 5.41) is 0. The van der Waals surface area contributed by atoms with Crippen molar-refractivity contribution >= 4 is 0 Å². The lowest BCUT2D eigenvalue weighted by Gasteiger charge is -2.04. The second-order valence-electron chi connectivity index (χ2n) is 9.68. The Morgan fingerprint density at radius 3 is 1.17 bits per heavy atom. The van der Waals surface area contributed by atoms with Gasteiger partial charge in [0.2, 0.25) is 0 Å². The van der Waals surface area contributed by atoms with E-state index in [4.69, 9.17) is 9.47 Å². The quantitative estimate of drug-likeness (QED) is 0.153. The number of aromatic nitrogens is 6. The van der Waals surface area contributed by atoms with Crippen molar-refractivity contribution in [1.82, 2.24) is 29.9 Å². The molecule has 6 aromatic heterocycles. The van der Waals surface area contributed by atoms with Crippen LogP contribution in [0, 0.1) is 0 Å². The first-order valence-corrected chi connectivity index (χ1v) is 14.6. The van der Waals surface area contributed by atoms with Crippen LogP contribution in [0.4, 0.5) is 0 Å². The van der Waals surface area contributed by atoms with Crippen LogP contribution in [0.15, 0.2) is 147 Å². The minimum absolute atomic E-state index is 0.759. The zero-order valence-electron chi connectivity index (χ0n) is 26.0. The molecule has 46 heavy (non-hydrogen) atoms. The Kier molecular flexibility index (Phi) is 12.8. The second kappa shape index (κ2) is 17.9. The molecule has 0 saturated carbocycles. The molecule has 0 aliphatic rings. The standard InChI is InChI=1S/2C13H12N2.C12H12N2O2/c2*1-2-5-11-7-9-15-13(10-11)12-6-3-4-8-14-12;1-15-9-3-5-13-11(7-9)12-8-10(16-2)4-6-14-12/h2*2-4,6-10H,1,5H2;3-8H,1-2H3. The van der Waals surface area contributed by atoms with Crippen LogP contribution in [0.1, 0.15) is 11.1 Å². The fourth-order valence-corrected chi connectivity index (χ4v) is 4.20. The summed E-state index contributed by atoms with van der Waals surface area (Å²) in [6.07, 6.45) is 16.0. The van der Waals surface area contributed by atoms with Gasteiger partial charge in [-0.05, 0) is 84.6 Å². The third-order valence-electron chi connectivity index (χ3n) is 6.46. The van der Waals surface area contributed by atoms with Gasteiger partial charge in [-0.15, -0.1) is 13.2 Å². The highest BCUT2D eigenvalue weighted by Gasteiger charge is 2.04. The molecule has 0 N–H and O–H groups in total. The molecular formula is C38H36N6O2. The molecule has 0 amide bonds. The van der Waals surface area contributed by atoms with Crippen molar-refractivity contribution in [1.29, 1.82) is 0 Å². The van der Waals surface area contributed by atoms with Crippen molar-refractivity contribution in [3.05, 3.63) is 159 Å². The monoisotopic (exact) mass is 608 g/mol. The fourth-order valence-electron chi connectivity index (χ4n) is 4.20. The summed E-state index contributed by atoms with van der Waals surface area (Å²) >= 11 is 0. The summed E-state index contributed by atoms with van der Waals surface area (Å²) < 4.78 is 10.3. The zero-order chi connectivity index (χ0) is 32.4. The average Bonchev–Trinajstić information content (AvgIpc) is 3.13. The number of nitrogens with zero attached hydrogens (tertiary/aromatic N) is 6. The van der Waals surface area contributed by atoms with Crippen molar-refractivity contribution in [3.63, 3.8) is 0 Å². The minimum Gasteiger partial charge on any atom is -0.497 e. The summed E-state index contributed by atoms with van der Waals surface area (Å²) in [5.41, 5.74) is 7.58. The number of hydrogen-bond donors (Lipinski definition) is 0. The number of hydrogen-bond acceptors (Lipinski definition) is 8. The average molecular weight is 609 g/mol. The first kappa shape index (κ1) is 32.9. The van der Waals surface area contributed by atoms with Gasteiger partial charge in [-0.2, -0.15) is 0 Å². The van der Waals surface area contributed by atoms with E-state index in [1.165, 1.54) is 11.1 Å². The molecular weight excluding hydrogens is 572 g/mol. The summed E-state index contributed by atoms with van der Waals surface area (Å²) in [7, 11) is 3.25. The predicted octanol–water partition coefficient (Wildman–Crippen LogP) is 7.91. The highest BCUT2D eigenvalue weighted by atomic mass is 16.5. The smallest absolute Gasteiger partial charge is 0.122 e. The summed E-state index contributed by atoms with van der Waals surface area (Å²) in [4.78, 5) is 25.6. The lowest BCUT2D eigenvalue weighted by Crippen LogP contribution is -1.90. The summed E-state index contributed by atoms with van der Waals surface area (Å²) in [5.74, 6) is 1.52. The molecule has 0 spiro atoms. The molecule has 230 valence electrons. The molecule has 6 aromatic rings. The number of pyridine rings is 6. The fraction of sp³-hybridized carbons (Fsp3) is 0.105. The van der Waals surface area contributed by atoms with Gasteiger partial charge in [-0.3, -0.25) is 29.9 Å². The van der Waals surface area contributed by atoms with Gasteiger partial charge in [-0.1, -0.05) is 24.3 Å². The number of methoxy groups -OCH3 is 2. The summed E-state index contributed by atoms with van der Waals surface area (Å²) in [6, 6.07) is 27.0. The molecule has 8 nitrogen and oxygen atoms in total. The van der Waals surface area contributed by atoms with Crippen LogP contribution in [0.5, 0.6) is 11.5 Å². The summed E-state index contributed by atoms with van der Waals surface area (Å²) in [6.45, 7) is 7.44. The Balaban J connectivity index is 0.000000157. The zero-order valence-corrected chi connectivity index (χ0v) is 26.0. The first-order chi connectivity index (χ1) is 22.6. The van der Waals surface area contributed by atoms with Gasteiger partial charge in [0.15, 0.2) is 0 Å². The van der Waals surface area contributed by atoms with E-state index in [9.17, 15) is 0 Å². The maximum atomic E-state index is 5.13. The van der Waals surface area contributed by atoms with E-state index in [2.05, 4.69) is 43.1 Å². The molecule has 0 saturated heterocycles. The van der Waals surface area contributed by atoms with Crippen LogP contribution < -0.4 is 9.47 Å². The minimum atomic E-state index is 0.759. The number of ether oxygens (including phenoxy) is 2. The molecule has 0 aliphatic heterocycles. The van der Waals surface area contributed by atoms with Crippen LogP contribution in [-0.4, -0.2) is 44.1 Å². The predicted molar refractivity (Wildman–Crippen MR) is 183 cm³/mol. The number of allylic oxidation sites excluding steroid dienone is 2. The molecule has 0 atom stereocenters. The van der Waals surface area contributed by atoms with Crippen LogP contribution in [-0.2, 0) is 12.8 Å². The Hall–Kier alpha value is -6.02. The van der Waals surface area contributed by atoms with E-state index in [1.807, 2.05) is 97.3 Å². The van der Waals surface area contributed by atoms with Gasteiger partial charge in [0, 0.05) is 49.3 Å². The third kappa shape index (κ3) is 10.0. The maximum absolute atomic E-state index is 5.13. The third-order valence-corrected chi connectivity index (χ3v) is 6.46. The van der Waals surface area contributed by atoms with E-state index in [0.29, 0.717) is 0 Å². The second-order valence-corrected chi connectivity index (χ2v) is 9.68. The molecule has 8 heteroatoms. The Bertz CT molecular complexity index is 1680. The van der Waals surface area contributed by atoms with Crippen LogP contribution in [0.3, 0.4) is 0 Å². The molecule has 0 radical (unpaired) electrons. The molecule has 6 rings (SSSR count). The topological polar surface area (TPSA) is 95.8 Å². The van der Waals surface area contributed by atoms with E-state index in [1.54, 1.807) is 51.1 Å². The van der Waals surface area contributed by atoms with Crippen molar-refractivity contribution < 1.29 is 9.47 Å². The molecule has 0 aliphatic carbocycles. The molecule has 6 heterocycles. The van der Waals surface area contributed by atoms with E-state index in [0.717, 1.165) is 58.5 Å². The van der Waals surface area contributed by atoms with Crippen LogP contribution >= 0.6 is 0 Å². The lowest BCUT2D eigenvalue weighted by atomic mass is 10.1. The highest BCUT2D eigenvalue weighted by molar-refractivity contribution is 5.58. The van der Waals surface area contributed by atoms with Crippen LogP contribution in [0.2, 0.25) is 0 Å².